The molecule has 0 heterocycles. The Morgan fingerprint density at radius 3 is 2.76 bits per heavy atom. The maximum absolute atomic E-state index is 11.4. The minimum Gasteiger partial charge on any atom is -0.465 e. The molecule has 0 aliphatic heterocycles. The van der Waals surface area contributed by atoms with Gasteiger partial charge in [0.15, 0.2) is 0 Å². The highest BCUT2D eigenvalue weighted by Gasteiger charge is 2.25. The maximum atomic E-state index is 11.4. The summed E-state index contributed by atoms with van der Waals surface area (Å²) >= 11 is 0. The van der Waals surface area contributed by atoms with E-state index in [4.69, 9.17) is 4.74 Å². The van der Waals surface area contributed by atoms with E-state index in [9.17, 15) is 9.59 Å². The molecular formula is C12H13NO4. The lowest BCUT2D eigenvalue weighted by atomic mass is 10.2. The van der Waals surface area contributed by atoms with Crippen LogP contribution in [0.15, 0.2) is 24.3 Å². The van der Waals surface area contributed by atoms with E-state index in [1.54, 1.807) is 24.3 Å². The number of amides is 1. The van der Waals surface area contributed by atoms with Gasteiger partial charge in [-0.15, -0.1) is 0 Å². The Morgan fingerprint density at radius 2 is 2.12 bits per heavy atom. The van der Waals surface area contributed by atoms with Crippen LogP contribution in [-0.4, -0.2) is 25.3 Å². The van der Waals surface area contributed by atoms with Gasteiger partial charge < -0.3 is 9.47 Å². The second kappa shape index (κ2) is 4.86. The van der Waals surface area contributed by atoms with Crippen LogP contribution in [-0.2, 0) is 9.47 Å². The van der Waals surface area contributed by atoms with Gasteiger partial charge in [0.1, 0.15) is 6.10 Å². The number of anilines is 1. The van der Waals surface area contributed by atoms with Gasteiger partial charge in [-0.25, -0.2) is 9.59 Å². The number of hydrogen-bond donors (Lipinski definition) is 1. The van der Waals surface area contributed by atoms with E-state index < -0.39 is 12.1 Å². The van der Waals surface area contributed by atoms with Crippen molar-refractivity contribution >= 4 is 17.7 Å². The van der Waals surface area contributed by atoms with Gasteiger partial charge in [0.05, 0.1) is 12.7 Å². The molecular weight excluding hydrogens is 222 g/mol. The fourth-order valence-electron chi connectivity index (χ4n) is 1.33. The number of carbonyl (C=O) groups excluding carboxylic acids is 2. The number of benzene rings is 1. The first kappa shape index (κ1) is 11.4. The van der Waals surface area contributed by atoms with Gasteiger partial charge in [-0.2, -0.15) is 0 Å². The Bertz CT molecular complexity index is 440. The fraction of sp³-hybridized carbons (Fsp3) is 0.333. The Hall–Kier alpha value is -2.04. The molecule has 1 aromatic carbocycles. The number of carbonyl (C=O) groups is 2. The van der Waals surface area contributed by atoms with Crippen molar-refractivity contribution in [1.29, 1.82) is 0 Å². The third-order valence-corrected chi connectivity index (χ3v) is 2.33. The minimum absolute atomic E-state index is 0.0544. The summed E-state index contributed by atoms with van der Waals surface area (Å²) in [6.07, 6.45) is 1.42. The highest BCUT2D eigenvalue weighted by Crippen LogP contribution is 2.24. The standard InChI is InChI=1S/C12H13NO4/c1-16-11(14)8-3-2-4-9(7-8)13-12(15)17-10-5-6-10/h2-4,7,10H,5-6H2,1H3,(H,13,15). The van der Waals surface area contributed by atoms with Gasteiger partial charge in [-0.05, 0) is 31.0 Å². The van der Waals surface area contributed by atoms with Crippen LogP contribution in [0.3, 0.4) is 0 Å². The summed E-state index contributed by atoms with van der Waals surface area (Å²) in [5.74, 6) is -0.441. The largest absolute Gasteiger partial charge is 0.465 e. The van der Waals surface area contributed by atoms with Crippen LogP contribution >= 0.6 is 0 Å². The van der Waals surface area contributed by atoms with Gasteiger partial charge in [0.25, 0.3) is 0 Å². The molecule has 1 amide bonds. The van der Waals surface area contributed by atoms with E-state index in [-0.39, 0.29) is 6.10 Å². The van der Waals surface area contributed by atoms with Crippen LogP contribution in [0.2, 0.25) is 0 Å². The van der Waals surface area contributed by atoms with Crippen LogP contribution in [0.5, 0.6) is 0 Å². The predicted octanol–water partition coefficient (Wildman–Crippen LogP) is 2.18. The van der Waals surface area contributed by atoms with Crippen molar-refractivity contribution in [3.8, 4) is 0 Å². The zero-order valence-corrected chi connectivity index (χ0v) is 9.43. The lowest BCUT2D eigenvalue weighted by Gasteiger charge is -2.06. The van der Waals surface area contributed by atoms with Crippen LogP contribution < -0.4 is 5.32 Å². The van der Waals surface area contributed by atoms with E-state index in [2.05, 4.69) is 10.1 Å². The summed E-state index contributed by atoms with van der Waals surface area (Å²) in [7, 11) is 1.31. The molecule has 17 heavy (non-hydrogen) atoms. The summed E-state index contributed by atoms with van der Waals surface area (Å²) in [5, 5.41) is 2.56. The molecule has 1 saturated carbocycles. The smallest absolute Gasteiger partial charge is 0.411 e. The van der Waals surface area contributed by atoms with Crippen LogP contribution in [0.25, 0.3) is 0 Å². The molecule has 0 bridgehead atoms. The van der Waals surface area contributed by atoms with E-state index in [1.165, 1.54) is 7.11 Å². The summed E-state index contributed by atoms with van der Waals surface area (Å²) < 4.78 is 9.61. The Balaban J connectivity index is 1.99. The number of hydrogen-bond acceptors (Lipinski definition) is 4. The maximum Gasteiger partial charge on any atom is 0.411 e. The van der Waals surface area contributed by atoms with Crippen molar-refractivity contribution in [2.24, 2.45) is 0 Å². The molecule has 1 aromatic rings. The highest BCUT2D eigenvalue weighted by molar-refractivity contribution is 5.92. The van der Waals surface area contributed by atoms with Crippen molar-refractivity contribution in [1.82, 2.24) is 0 Å². The van der Waals surface area contributed by atoms with Crippen molar-refractivity contribution < 1.29 is 19.1 Å². The van der Waals surface area contributed by atoms with Gasteiger partial charge in [-0.1, -0.05) is 6.07 Å². The monoisotopic (exact) mass is 235 g/mol. The topological polar surface area (TPSA) is 64.6 Å². The summed E-state index contributed by atoms with van der Waals surface area (Å²) in [5.41, 5.74) is 0.898. The third-order valence-electron chi connectivity index (χ3n) is 2.33. The predicted molar refractivity (Wildman–Crippen MR) is 60.9 cm³/mol. The van der Waals surface area contributed by atoms with Crippen molar-refractivity contribution in [3.63, 3.8) is 0 Å². The number of nitrogens with one attached hydrogen (secondary N) is 1. The molecule has 5 heteroatoms. The lowest BCUT2D eigenvalue weighted by Crippen LogP contribution is -2.15. The molecule has 1 aliphatic rings. The molecule has 1 fully saturated rings. The fourth-order valence-corrected chi connectivity index (χ4v) is 1.33. The third kappa shape index (κ3) is 3.21. The molecule has 0 spiro atoms. The first-order valence-corrected chi connectivity index (χ1v) is 5.35. The molecule has 5 nitrogen and oxygen atoms in total. The van der Waals surface area contributed by atoms with Crippen LogP contribution in [0.1, 0.15) is 23.2 Å². The van der Waals surface area contributed by atoms with E-state index in [1.807, 2.05) is 0 Å². The zero-order valence-electron chi connectivity index (χ0n) is 9.43. The van der Waals surface area contributed by atoms with Crippen LogP contribution in [0, 0.1) is 0 Å². The Labute approximate surface area is 98.7 Å². The second-order valence-electron chi connectivity index (χ2n) is 3.80. The van der Waals surface area contributed by atoms with E-state index in [0.29, 0.717) is 11.3 Å². The number of methoxy groups -OCH3 is 1. The van der Waals surface area contributed by atoms with Crippen molar-refractivity contribution in [3.05, 3.63) is 29.8 Å². The van der Waals surface area contributed by atoms with Crippen molar-refractivity contribution in [2.75, 3.05) is 12.4 Å². The molecule has 1 N–H and O–H groups in total. The number of esters is 1. The lowest BCUT2D eigenvalue weighted by molar-refractivity contribution is 0.0600. The van der Waals surface area contributed by atoms with Gasteiger partial charge in [-0.3, -0.25) is 5.32 Å². The molecule has 0 radical (unpaired) electrons. The SMILES string of the molecule is COC(=O)c1cccc(NC(=O)OC2CC2)c1. The molecule has 2 rings (SSSR count). The normalized spacial score (nSPS) is 13.9. The summed E-state index contributed by atoms with van der Waals surface area (Å²) in [4.78, 5) is 22.6. The number of ether oxygens (including phenoxy) is 2. The van der Waals surface area contributed by atoms with E-state index in [0.717, 1.165) is 12.8 Å². The first-order chi connectivity index (χ1) is 8.19. The average molecular weight is 235 g/mol. The molecule has 90 valence electrons. The second-order valence-corrected chi connectivity index (χ2v) is 3.80. The zero-order chi connectivity index (χ0) is 12.3. The molecule has 0 aromatic heterocycles. The summed E-state index contributed by atoms with van der Waals surface area (Å²) in [6, 6.07) is 6.50. The number of rotatable bonds is 3. The quantitative estimate of drug-likeness (QED) is 0.815. The minimum atomic E-state index is -0.491. The van der Waals surface area contributed by atoms with Gasteiger partial charge in [0, 0.05) is 5.69 Å². The van der Waals surface area contributed by atoms with Crippen LogP contribution in [0.4, 0.5) is 10.5 Å². The highest BCUT2D eigenvalue weighted by atomic mass is 16.6. The van der Waals surface area contributed by atoms with Crippen molar-refractivity contribution in [2.45, 2.75) is 18.9 Å². The van der Waals surface area contributed by atoms with E-state index >= 15 is 0 Å². The first-order valence-electron chi connectivity index (χ1n) is 5.35. The summed E-state index contributed by atoms with van der Waals surface area (Å²) in [6.45, 7) is 0. The van der Waals surface area contributed by atoms with Gasteiger partial charge in [0.2, 0.25) is 0 Å². The molecule has 1 aliphatic carbocycles. The Morgan fingerprint density at radius 1 is 1.35 bits per heavy atom. The molecule has 0 saturated heterocycles. The molecule has 0 atom stereocenters. The molecule has 0 unspecified atom stereocenters. The Kier molecular flexibility index (Phi) is 3.27. The van der Waals surface area contributed by atoms with Gasteiger partial charge >= 0.3 is 12.1 Å². The average Bonchev–Trinajstić information content (AvgIpc) is 3.12.